The normalized spacial score (nSPS) is 14.8. The van der Waals surface area contributed by atoms with Gasteiger partial charge in [-0.1, -0.05) is 47.5 Å². The van der Waals surface area contributed by atoms with E-state index in [0.29, 0.717) is 36.1 Å². The van der Waals surface area contributed by atoms with E-state index in [0.717, 1.165) is 65.9 Å². The quantitative estimate of drug-likeness (QED) is 0.163. The van der Waals surface area contributed by atoms with E-state index in [-0.39, 0.29) is 12.3 Å². The molecular weight excluding hydrogens is 616 g/mol. The highest BCUT2D eigenvalue weighted by Gasteiger charge is 2.31. The van der Waals surface area contributed by atoms with Gasteiger partial charge in [-0.05, 0) is 60.5 Å². The molecule has 7 nitrogen and oxygen atoms in total. The Morgan fingerprint density at radius 3 is 2.23 bits per heavy atom. The molecule has 2 N–H and O–H groups in total. The van der Waals surface area contributed by atoms with E-state index in [1.807, 2.05) is 24.4 Å². The fourth-order valence-corrected chi connectivity index (χ4v) is 6.05. The van der Waals surface area contributed by atoms with Gasteiger partial charge in [-0.25, -0.2) is 0 Å². The number of hydrogen-bond acceptors (Lipinski definition) is 5. The van der Waals surface area contributed by atoms with Gasteiger partial charge in [0.05, 0.1) is 6.54 Å². The van der Waals surface area contributed by atoms with Gasteiger partial charge in [0.2, 0.25) is 0 Å². The van der Waals surface area contributed by atoms with Crippen LogP contribution in [-0.4, -0.2) is 71.1 Å². The maximum atomic E-state index is 12.7. The second-order valence-electron chi connectivity index (χ2n) is 10.8. The first kappa shape index (κ1) is 32.1. The lowest BCUT2D eigenvalue weighted by Gasteiger charge is -2.35. The number of nitrogens with zero attached hydrogens (tertiary/aromatic N) is 3. The Balaban J connectivity index is 1.31. The number of piperazine rings is 1. The lowest BCUT2D eigenvalue weighted by Crippen LogP contribution is -2.45. The molecular formula is C32H33Cl2F3N4O3. The summed E-state index contributed by atoms with van der Waals surface area (Å²) in [5, 5.41) is 14.1. The van der Waals surface area contributed by atoms with Gasteiger partial charge in [0.15, 0.2) is 0 Å². The molecule has 0 amide bonds. The summed E-state index contributed by atoms with van der Waals surface area (Å²) >= 11 is 12.8. The fraction of sp³-hybridized carbons (Fsp3) is 0.344. The van der Waals surface area contributed by atoms with Crippen LogP contribution in [0, 0.1) is 0 Å². The van der Waals surface area contributed by atoms with E-state index in [4.69, 9.17) is 28.3 Å². The molecule has 0 atom stereocenters. The summed E-state index contributed by atoms with van der Waals surface area (Å²) in [5.41, 5.74) is 4.76. The van der Waals surface area contributed by atoms with E-state index in [1.165, 1.54) is 12.1 Å². The molecule has 0 unspecified atom stereocenters. The number of carboxylic acid groups (broad SMARTS) is 1. The van der Waals surface area contributed by atoms with Crippen LogP contribution in [0.1, 0.15) is 17.5 Å². The minimum Gasteiger partial charge on any atom is -0.480 e. The van der Waals surface area contributed by atoms with Gasteiger partial charge < -0.3 is 19.7 Å². The van der Waals surface area contributed by atoms with E-state index in [9.17, 15) is 18.0 Å². The minimum absolute atomic E-state index is 0.102. The molecule has 1 saturated heterocycles. The van der Waals surface area contributed by atoms with Crippen LogP contribution in [0.5, 0.6) is 5.75 Å². The molecule has 0 spiro atoms. The number of carboxylic acids is 1. The van der Waals surface area contributed by atoms with Crippen LogP contribution in [0.3, 0.4) is 0 Å². The predicted molar refractivity (Wildman–Crippen MR) is 166 cm³/mol. The van der Waals surface area contributed by atoms with Gasteiger partial charge in [0.1, 0.15) is 5.75 Å². The van der Waals surface area contributed by atoms with Crippen molar-refractivity contribution in [1.29, 1.82) is 0 Å². The summed E-state index contributed by atoms with van der Waals surface area (Å²) in [6, 6.07) is 17.8. The second kappa shape index (κ2) is 14.2. The number of aromatic nitrogens is 1. The minimum atomic E-state index is -4.76. The molecule has 0 bridgehead atoms. The molecule has 4 aromatic rings. The van der Waals surface area contributed by atoms with E-state index in [1.54, 1.807) is 12.1 Å². The summed E-state index contributed by atoms with van der Waals surface area (Å²) in [5.74, 6) is -1.18. The number of benzene rings is 3. The van der Waals surface area contributed by atoms with Crippen molar-refractivity contribution in [1.82, 2.24) is 19.7 Å². The SMILES string of the molecule is O=C(O)CNCCCn1cc(-c2ccc(OC(F)(F)F)cc2)c2cc(CN3CCN(Cc4c(Cl)cccc4Cl)CC3)ccc21. The molecule has 3 aromatic carbocycles. The maximum Gasteiger partial charge on any atom is 0.573 e. The van der Waals surface area contributed by atoms with Gasteiger partial charge >= 0.3 is 12.3 Å². The number of ether oxygens (including phenoxy) is 1. The predicted octanol–water partition coefficient (Wildman–Crippen LogP) is 6.90. The lowest BCUT2D eigenvalue weighted by molar-refractivity contribution is -0.274. The van der Waals surface area contributed by atoms with Crippen LogP contribution < -0.4 is 10.1 Å². The summed E-state index contributed by atoms with van der Waals surface area (Å²) in [4.78, 5) is 15.6. The van der Waals surface area contributed by atoms with E-state index in [2.05, 4.69) is 42.6 Å². The van der Waals surface area contributed by atoms with Crippen molar-refractivity contribution in [2.75, 3.05) is 39.3 Å². The van der Waals surface area contributed by atoms with Crippen molar-refractivity contribution < 1.29 is 27.8 Å². The molecule has 234 valence electrons. The third-order valence-electron chi connectivity index (χ3n) is 7.69. The number of halogens is 5. The van der Waals surface area contributed by atoms with Crippen molar-refractivity contribution in [2.45, 2.75) is 32.4 Å². The Morgan fingerprint density at radius 2 is 1.59 bits per heavy atom. The highest BCUT2D eigenvalue weighted by atomic mass is 35.5. The maximum absolute atomic E-state index is 12.7. The van der Waals surface area contributed by atoms with Crippen LogP contribution in [-0.2, 0) is 24.4 Å². The van der Waals surface area contributed by atoms with Gasteiger partial charge in [0.25, 0.3) is 0 Å². The molecule has 0 radical (unpaired) electrons. The fourth-order valence-electron chi connectivity index (χ4n) is 5.53. The molecule has 5 rings (SSSR count). The van der Waals surface area contributed by atoms with Crippen LogP contribution >= 0.6 is 23.2 Å². The number of fused-ring (bicyclic) bond motifs is 1. The summed E-state index contributed by atoms with van der Waals surface area (Å²) in [6.07, 6.45) is -2.04. The molecule has 1 aliphatic heterocycles. The Morgan fingerprint density at radius 1 is 0.932 bits per heavy atom. The number of aliphatic carboxylic acids is 1. The van der Waals surface area contributed by atoms with Crippen molar-refractivity contribution >= 4 is 40.1 Å². The third-order valence-corrected chi connectivity index (χ3v) is 8.40. The molecule has 12 heteroatoms. The Kier molecular flexibility index (Phi) is 10.4. The Hall–Kier alpha value is -3.28. The Labute approximate surface area is 263 Å². The lowest BCUT2D eigenvalue weighted by atomic mass is 10.0. The standard InChI is InChI=1S/C32H33Cl2F3N4O3/c33-28-3-1-4-29(34)27(28)20-40-15-13-39(14-16-40)19-22-5-10-30-25(17-22)26(21-41(30)12-2-11-38-18-31(42)43)23-6-8-24(9-7-23)44-32(35,36)37/h1,3-10,17,21,38H,2,11-16,18-20H2,(H,42,43). The molecule has 2 heterocycles. The van der Waals surface area contributed by atoms with Crippen molar-refractivity contribution in [2.24, 2.45) is 0 Å². The molecule has 44 heavy (non-hydrogen) atoms. The molecule has 1 fully saturated rings. The first-order valence-electron chi connectivity index (χ1n) is 14.3. The smallest absolute Gasteiger partial charge is 0.480 e. The average molecular weight is 650 g/mol. The summed E-state index contributed by atoms with van der Waals surface area (Å²) in [6.45, 7) is 6.09. The largest absolute Gasteiger partial charge is 0.573 e. The van der Waals surface area contributed by atoms with Crippen molar-refractivity contribution in [3.63, 3.8) is 0 Å². The zero-order valence-electron chi connectivity index (χ0n) is 23.9. The molecule has 1 aliphatic rings. The topological polar surface area (TPSA) is 70.0 Å². The van der Waals surface area contributed by atoms with Crippen LogP contribution in [0.4, 0.5) is 13.2 Å². The first-order chi connectivity index (χ1) is 21.1. The zero-order valence-corrected chi connectivity index (χ0v) is 25.4. The number of aryl methyl sites for hydroxylation is 1. The van der Waals surface area contributed by atoms with Gasteiger partial charge in [-0.2, -0.15) is 0 Å². The number of alkyl halides is 3. The number of nitrogens with one attached hydrogen (secondary N) is 1. The van der Waals surface area contributed by atoms with Gasteiger partial charge in [-0.15, -0.1) is 13.2 Å². The van der Waals surface area contributed by atoms with Crippen LogP contribution in [0.25, 0.3) is 22.0 Å². The highest BCUT2D eigenvalue weighted by molar-refractivity contribution is 6.35. The van der Waals surface area contributed by atoms with Crippen LogP contribution in [0.15, 0.2) is 66.9 Å². The summed E-state index contributed by atoms with van der Waals surface area (Å²) in [7, 11) is 0. The molecule has 0 aliphatic carbocycles. The Bertz CT molecular complexity index is 1570. The first-order valence-corrected chi connectivity index (χ1v) is 15.1. The number of rotatable bonds is 12. The highest BCUT2D eigenvalue weighted by Crippen LogP contribution is 2.34. The van der Waals surface area contributed by atoms with E-state index < -0.39 is 12.3 Å². The van der Waals surface area contributed by atoms with Crippen LogP contribution in [0.2, 0.25) is 10.0 Å². The van der Waals surface area contributed by atoms with Gasteiger partial charge in [0, 0.05) is 84.1 Å². The van der Waals surface area contributed by atoms with Crippen molar-refractivity contribution in [3.05, 3.63) is 88.0 Å². The average Bonchev–Trinajstić information content (AvgIpc) is 3.33. The third kappa shape index (κ3) is 8.46. The molecule has 0 saturated carbocycles. The number of hydrogen-bond donors (Lipinski definition) is 2. The molecule has 1 aromatic heterocycles. The van der Waals surface area contributed by atoms with Crippen molar-refractivity contribution in [3.8, 4) is 16.9 Å². The number of carbonyl (C=O) groups is 1. The zero-order chi connectivity index (χ0) is 31.3. The second-order valence-corrected chi connectivity index (χ2v) is 11.7. The van der Waals surface area contributed by atoms with E-state index >= 15 is 0 Å². The monoisotopic (exact) mass is 648 g/mol. The van der Waals surface area contributed by atoms with Gasteiger partial charge in [-0.3, -0.25) is 14.6 Å². The summed E-state index contributed by atoms with van der Waals surface area (Å²) < 4.78 is 44.3.